The number of hydrogen-bond donors (Lipinski definition) is 1. The average Bonchev–Trinajstić information content (AvgIpc) is 2.41. The number of anilines is 1. The molecule has 2 nitrogen and oxygen atoms in total. The fraction of sp³-hybridized carbons (Fsp3) is 0.250. The van der Waals surface area contributed by atoms with Gasteiger partial charge in [0.1, 0.15) is 0 Å². The van der Waals surface area contributed by atoms with Crippen molar-refractivity contribution in [1.82, 2.24) is 0 Å². The van der Waals surface area contributed by atoms with Crippen LogP contribution in [0.3, 0.4) is 0 Å². The molecule has 3 heteroatoms. The summed E-state index contributed by atoms with van der Waals surface area (Å²) < 4.78 is 1.12. The second-order valence-corrected chi connectivity index (χ2v) is 5.68. The summed E-state index contributed by atoms with van der Waals surface area (Å²) in [5.41, 5.74) is 10.6. The van der Waals surface area contributed by atoms with Crippen molar-refractivity contribution in [3.8, 4) is 0 Å². The summed E-state index contributed by atoms with van der Waals surface area (Å²) in [7, 11) is 2.11. The minimum atomic E-state index is 0.576. The zero-order valence-electron chi connectivity index (χ0n) is 11.4. The van der Waals surface area contributed by atoms with Gasteiger partial charge in [0, 0.05) is 30.3 Å². The standard InChI is InChI=1S/C16H19BrN2/c1-12-4-3-5-15(8-12)19(2)11-14-7-6-13(10-18)9-16(14)17/h3-9H,10-11,18H2,1-2H3. The minimum Gasteiger partial charge on any atom is -0.370 e. The van der Waals surface area contributed by atoms with Gasteiger partial charge in [-0.1, -0.05) is 40.2 Å². The maximum absolute atomic E-state index is 5.65. The fourth-order valence-corrected chi connectivity index (χ4v) is 2.61. The highest BCUT2D eigenvalue weighted by atomic mass is 79.9. The molecule has 0 bridgehead atoms. The predicted octanol–water partition coefficient (Wildman–Crippen LogP) is 3.85. The molecule has 0 unspecified atom stereocenters. The first-order valence-electron chi connectivity index (χ1n) is 6.35. The first-order chi connectivity index (χ1) is 9.10. The summed E-state index contributed by atoms with van der Waals surface area (Å²) in [6.45, 7) is 3.56. The highest BCUT2D eigenvalue weighted by Gasteiger charge is 2.06. The molecule has 19 heavy (non-hydrogen) atoms. The smallest absolute Gasteiger partial charge is 0.0437 e. The summed E-state index contributed by atoms with van der Waals surface area (Å²) in [4.78, 5) is 2.25. The number of hydrogen-bond acceptors (Lipinski definition) is 2. The van der Waals surface area contributed by atoms with Crippen LogP contribution in [0.4, 0.5) is 5.69 Å². The van der Waals surface area contributed by atoms with Gasteiger partial charge in [-0.25, -0.2) is 0 Å². The first kappa shape index (κ1) is 14.1. The molecule has 0 atom stereocenters. The molecule has 0 saturated heterocycles. The van der Waals surface area contributed by atoms with Crippen LogP contribution in [-0.2, 0) is 13.1 Å². The van der Waals surface area contributed by atoms with Gasteiger partial charge >= 0.3 is 0 Å². The molecule has 2 aromatic rings. The van der Waals surface area contributed by atoms with Crippen LogP contribution in [-0.4, -0.2) is 7.05 Å². The lowest BCUT2D eigenvalue weighted by molar-refractivity contribution is 0.914. The van der Waals surface area contributed by atoms with Crippen LogP contribution in [0, 0.1) is 6.92 Å². The van der Waals surface area contributed by atoms with Crippen LogP contribution in [0.25, 0.3) is 0 Å². The van der Waals surface area contributed by atoms with Crippen molar-refractivity contribution < 1.29 is 0 Å². The molecule has 0 amide bonds. The zero-order valence-corrected chi connectivity index (χ0v) is 12.9. The van der Waals surface area contributed by atoms with Crippen LogP contribution in [0.5, 0.6) is 0 Å². The van der Waals surface area contributed by atoms with Crippen molar-refractivity contribution in [3.63, 3.8) is 0 Å². The molecular weight excluding hydrogens is 300 g/mol. The Bertz CT molecular complexity index is 566. The third-order valence-electron chi connectivity index (χ3n) is 3.20. The van der Waals surface area contributed by atoms with E-state index in [9.17, 15) is 0 Å². The largest absolute Gasteiger partial charge is 0.370 e. The monoisotopic (exact) mass is 318 g/mol. The number of benzene rings is 2. The summed E-state index contributed by atoms with van der Waals surface area (Å²) in [6, 6.07) is 14.9. The molecule has 100 valence electrons. The first-order valence-corrected chi connectivity index (χ1v) is 7.14. The number of nitrogens with zero attached hydrogens (tertiary/aromatic N) is 1. The van der Waals surface area contributed by atoms with Crippen molar-refractivity contribution in [2.45, 2.75) is 20.0 Å². The molecule has 0 aliphatic heterocycles. The Kier molecular flexibility index (Phi) is 4.61. The molecule has 0 spiro atoms. The van der Waals surface area contributed by atoms with Crippen molar-refractivity contribution in [2.75, 3.05) is 11.9 Å². The lowest BCUT2D eigenvalue weighted by Gasteiger charge is -2.21. The van der Waals surface area contributed by atoms with Crippen LogP contribution < -0.4 is 10.6 Å². The highest BCUT2D eigenvalue weighted by Crippen LogP contribution is 2.23. The van der Waals surface area contributed by atoms with E-state index in [0.717, 1.165) is 16.6 Å². The lowest BCUT2D eigenvalue weighted by atomic mass is 10.1. The molecule has 0 aromatic heterocycles. The Labute approximate surface area is 123 Å². The summed E-state index contributed by atoms with van der Waals surface area (Å²) in [6.07, 6.45) is 0. The zero-order chi connectivity index (χ0) is 13.8. The maximum atomic E-state index is 5.65. The van der Waals surface area contributed by atoms with Gasteiger partial charge in [-0.3, -0.25) is 0 Å². The Hall–Kier alpha value is -1.32. The van der Waals surface area contributed by atoms with E-state index in [1.165, 1.54) is 16.8 Å². The van der Waals surface area contributed by atoms with E-state index in [2.05, 4.69) is 77.3 Å². The molecule has 0 fully saturated rings. The van der Waals surface area contributed by atoms with Crippen LogP contribution in [0.2, 0.25) is 0 Å². The summed E-state index contributed by atoms with van der Waals surface area (Å²) >= 11 is 3.62. The van der Waals surface area contributed by atoms with Crippen molar-refractivity contribution >= 4 is 21.6 Å². The van der Waals surface area contributed by atoms with Gasteiger partial charge < -0.3 is 10.6 Å². The van der Waals surface area contributed by atoms with Crippen LogP contribution in [0.15, 0.2) is 46.9 Å². The van der Waals surface area contributed by atoms with Gasteiger partial charge in [-0.15, -0.1) is 0 Å². The highest BCUT2D eigenvalue weighted by molar-refractivity contribution is 9.10. The molecule has 0 saturated carbocycles. The van der Waals surface area contributed by atoms with E-state index in [4.69, 9.17) is 5.73 Å². The van der Waals surface area contributed by atoms with Gasteiger partial charge in [0.15, 0.2) is 0 Å². The van der Waals surface area contributed by atoms with Crippen molar-refractivity contribution in [3.05, 3.63) is 63.6 Å². The quantitative estimate of drug-likeness (QED) is 0.927. The van der Waals surface area contributed by atoms with Gasteiger partial charge in [-0.05, 0) is 41.8 Å². The van der Waals surface area contributed by atoms with Gasteiger partial charge in [-0.2, -0.15) is 0 Å². The van der Waals surface area contributed by atoms with Gasteiger partial charge in [0.05, 0.1) is 0 Å². The van der Waals surface area contributed by atoms with Gasteiger partial charge in [0.2, 0.25) is 0 Å². The molecule has 0 heterocycles. The topological polar surface area (TPSA) is 29.3 Å². The normalized spacial score (nSPS) is 10.5. The average molecular weight is 319 g/mol. The molecule has 2 rings (SSSR count). The Balaban J connectivity index is 2.17. The fourth-order valence-electron chi connectivity index (χ4n) is 2.06. The number of halogens is 1. The molecule has 0 aliphatic carbocycles. The van der Waals surface area contributed by atoms with Crippen molar-refractivity contribution in [2.24, 2.45) is 5.73 Å². The molecular formula is C16H19BrN2. The molecule has 2 N–H and O–H groups in total. The van der Waals surface area contributed by atoms with E-state index < -0.39 is 0 Å². The third-order valence-corrected chi connectivity index (χ3v) is 3.94. The van der Waals surface area contributed by atoms with E-state index in [-0.39, 0.29) is 0 Å². The molecule has 2 aromatic carbocycles. The SMILES string of the molecule is Cc1cccc(N(C)Cc2ccc(CN)cc2Br)c1. The van der Waals surface area contributed by atoms with Crippen molar-refractivity contribution in [1.29, 1.82) is 0 Å². The van der Waals surface area contributed by atoms with E-state index in [1.54, 1.807) is 0 Å². The number of nitrogens with two attached hydrogens (primary N) is 1. The number of rotatable bonds is 4. The minimum absolute atomic E-state index is 0.576. The Morgan fingerprint density at radius 2 is 1.95 bits per heavy atom. The maximum Gasteiger partial charge on any atom is 0.0437 e. The lowest BCUT2D eigenvalue weighted by Crippen LogP contribution is -2.16. The van der Waals surface area contributed by atoms with Crippen LogP contribution >= 0.6 is 15.9 Å². The molecule has 0 radical (unpaired) electrons. The van der Waals surface area contributed by atoms with E-state index >= 15 is 0 Å². The van der Waals surface area contributed by atoms with E-state index in [1.807, 2.05) is 0 Å². The Morgan fingerprint density at radius 3 is 2.58 bits per heavy atom. The summed E-state index contributed by atoms with van der Waals surface area (Å²) in [5, 5.41) is 0. The second-order valence-electron chi connectivity index (χ2n) is 4.82. The third kappa shape index (κ3) is 3.58. The summed E-state index contributed by atoms with van der Waals surface area (Å²) in [5.74, 6) is 0. The second kappa shape index (κ2) is 6.22. The van der Waals surface area contributed by atoms with Crippen LogP contribution in [0.1, 0.15) is 16.7 Å². The van der Waals surface area contributed by atoms with Gasteiger partial charge in [0.25, 0.3) is 0 Å². The number of aryl methyl sites for hydroxylation is 1. The predicted molar refractivity (Wildman–Crippen MR) is 85.3 cm³/mol. The Morgan fingerprint density at radius 1 is 1.16 bits per heavy atom. The van der Waals surface area contributed by atoms with E-state index in [0.29, 0.717) is 6.54 Å². The molecule has 0 aliphatic rings.